The quantitative estimate of drug-likeness (QED) is 0.830. The molecule has 0 amide bonds. The van der Waals surface area contributed by atoms with Crippen molar-refractivity contribution >= 4 is 5.97 Å². The number of nitrogens with two attached hydrogens (primary N) is 1. The molecular weight excluding hydrogens is 238 g/mol. The zero-order chi connectivity index (χ0) is 14.6. The van der Waals surface area contributed by atoms with Gasteiger partial charge in [0, 0.05) is 12.5 Å². The lowest BCUT2D eigenvalue weighted by atomic mass is 9.88. The molecule has 2 N–H and O–H groups in total. The summed E-state index contributed by atoms with van der Waals surface area (Å²) in [5, 5.41) is 0. The molecule has 0 radical (unpaired) electrons. The molecule has 0 saturated heterocycles. The Morgan fingerprint density at radius 2 is 1.74 bits per heavy atom. The van der Waals surface area contributed by atoms with Crippen molar-refractivity contribution in [2.75, 3.05) is 7.11 Å². The summed E-state index contributed by atoms with van der Waals surface area (Å²) in [6.45, 7) is 8.48. The van der Waals surface area contributed by atoms with Crippen LogP contribution in [0.1, 0.15) is 53.1 Å². The van der Waals surface area contributed by atoms with E-state index in [-0.39, 0.29) is 12.0 Å². The molecule has 106 valence electrons. The highest BCUT2D eigenvalue weighted by Crippen LogP contribution is 2.28. The Morgan fingerprint density at radius 1 is 1.21 bits per heavy atom. The second kappa shape index (κ2) is 6.71. The van der Waals surface area contributed by atoms with Gasteiger partial charge in [0.05, 0.1) is 7.11 Å². The fourth-order valence-electron chi connectivity index (χ4n) is 2.52. The van der Waals surface area contributed by atoms with Crippen LogP contribution in [-0.4, -0.2) is 13.1 Å². The third kappa shape index (κ3) is 3.80. The summed E-state index contributed by atoms with van der Waals surface area (Å²) < 4.78 is 4.64. The molecule has 0 aliphatic rings. The first kappa shape index (κ1) is 15.7. The van der Waals surface area contributed by atoms with E-state index in [9.17, 15) is 4.79 Å². The van der Waals surface area contributed by atoms with Crippen LogP contribution in [0.2, 0.25) is 0 Å². The van der Waals surface area contributed by atoms with Crippen molar-refractivity contribution in [3.63, 3.8) is 0 Å². The van der Waals surface area contributed by atoms with Crippen LogP contribution in [-0.2, 0) is 9.53 Å². The lowest BCUT2D eigenvalue weighted by Gasteiger charge is -2.21. The highest BCUT2D eigenvalue weighted by atomic mass is 16.5. The summed E-state index contributed by atoms with van der Waals surface area (Å²) >= 11 is 0. The highest BCUT2D eigenvalue weighted by molar-refractivity contribution is 5.69. The summed E-state index contributed by atoms with van der Waals surface area (Å²) in [5.41, 5.74) is 12.7. The van der Waals surface area contributed by atoms with E-state index in [0.29, 0.717) is 6.42 Å². The summed E-state index contributed by atoms with van der Waals surface area (Å²) in [4.78, 5) is 11.1. The molecule has 19 heavy (non-hydrogen) atoms. The third-order valence-corrected chi connectivity index (χ3v) is 3.92. The SMILES string of the molecule is COC(=O)CCCC(N)c1c(C)c(C)cc(C)c1C. The summed E-state index contributed by atoms with van der Waals surface area (Å²) in [7, 11) is 1.42. The second-order valence-electron chi connectivity index (χ2n) is 5.25. The second-order valence-corrected chi connectivity index (χ2v) is 5.25. The molecule has 3 nitrogen and oxygen atoms in total. The Kier molecular flexibility index (Phi) is 5.55. The number of benzene rings is 1. The van der Waals surface area contributed by atoms with Gasteiger partial charge < -0.3 is 10.5 Å². The van der Waals surface area contributed by atoms with Crippen molar-refractivity contribution in [3.05, 3.63) is 33.9 Å². The van der Waals surface area contributed by atoms with Crippen LogP contribution < -0.4 is 5.73 Å². The van der Waals surface area contributed by atoms with Crippen molar-refractivity contribution in [1.82, 2.24) is 0 Å². The van der Waals surface area contributed by atoms with Crippen LogP contribution in [0.25, 0.3) is 0 Å². The molecule has 3 heteroatoms. The maximum absolute atomic E-state index is 11.1. The van der Waals surface area contributed by atoms with Gasteiger partial charge in [0.2, 0.25) is 0 Å². The molecule has 1 rings (SSSR count). The Morgan fingerprint density at radius 3 is 2.21 bits per heavy atom. The van der Waals surface area contributed by atoms with E-state index < -0.39 is 0 Å². The van der Waals surface area contributed by atoms with Gasteiger partial charge in [0.1, 0.15) is 0 Å². The summed E-state index contributed by atoms with van der Waals surface area (Å²) in [6, 6.07) is 2.19. The maximum Gasteiger partial charge on any atom is 0.305 e. The highest BCUT2D eigenvalue weighted by Gasteiger charge is 2.15. The molecule has 1 unspecified atom stereocenters. The Hall–Kier alpha value is -1.35. The van der Waals surface area contributed by atoms with Crippen LogP contribution in [0.15, 0.2) is 6.07 Å². The fourth-order valence-corrected chi connectivity index (χ4v) is 2.52. The smallest absolute Gasteiger partial charge is 0.305 e. The molecule has 0 saturated carbocycles. The van der Waals surface area contributed by atoms with Gasteiger partial charge in [-0.3, -0.25) is 4.79 Å². The van der Waals surface area contributed by atoms with Crippen molar-refractivity contribution < 1.29 is 9.53 Å². The maximum atomic E-state index is 11.1. The number of ether oxygens (including phenoxy) is 1. The van der Waals surface area contributed by atoms with E-state index >= 15 is 0 Å². The summed E-state index contributed by atoms with van der Waals surface area (Å²) in [6.07, 6.45) is 2.01. The normalized spacial score (nSPS) is 12.3. The van der Waals surface area contributed by atoms with Gasteiger partial charge in [0.15, 0.2) is 0 Å². The Bertz CT molecular complexity index is 440. The zero-order valence-electron chi connectivity index (χ0n) is 12.7. The van der Waals surface area contributed by atoms with Crippen LogP contribution in [0.4, 0.5) is 0 Å². The minimum absolute atomic E-state index is 0.0109. The molecular formula is C16H25NO2. The van der Waals surface area contributed by atoms with E-state index in [2.05, 4.69) is 38.5 Å². The van der Waals surface area contributed by atoms with Crippen molar-refractivity contribution in [2.24, 2.45) is 5.73 Å². The minimum atomic E-state index is -0.166. The number of methoxy groups -OCH3 is 1. The van der Waals surface area contributed by atoms with E-state index in [4.69, 9.17) is 5.73 Å². The molecule has 1 aromatic carbocycles. The molecule has 1 aromatic rings. The molecule has 1 atom stereocenters. The number of aryl methyl sites for hydroxylation is 2. The fraction of sp³-hybridized carbons (Fsp3) is 0.562. The number of rotatable bonds is 5. The number of carbonyl (C=O) groups excluding carboxylic acids is 1. The van der Waals surface area contributed by atoms with Gasteiger partial charge in [-0.2, -0.15) is 0 Å². The predicted octanol–water partition coefficient (Wildman–Crippen LogP) is 3.26. The monoisotopic (exact) mass is 263 g/mol. The average molecular weight is 263 g/mol. The van der Waals surface area contributed by atoms with Crippen LogP contribution in [0, 0.1) is 27.7 Å². The van der Waals surface area contributed by atoms with Gasteiger partial charge >= 0.3 is 5.97 Å². The minimum Gasteiger partial charge on any atom is -0.469 e. The first-order valence-electron chi connectivity index (χ1n) is 6.78. The van der Waals surface area contributed by atoms with Crippen molar-refractivity contribution in [2.45, 2.75) is 53.0 Å². The van der Waals surface area contributed by atoms with Gasteiger partial charge in [0.25, 0.3) is 0 Å². The number of hydrogen-bond acceptors (Lipinski definition) is 3. The van der Waals surface area contributed by atoms with E-state index in [1.807, 2.05) is 0 Å². The van der Waals surface area contributed by atoms with E-state index in [0.717, 1.165) is 12.8 Å². The van der Waals surface area contributed by atoms with Crippen molar-refractivity contribution in [1.29, 1.82) is 0 Å². The standard InChI is InChI=1S/C16H25NO2/c1-10-9-11(2)13(4)16(12(10)3)14(17)7-6-8-15(18)19-5/h9,14H,6-8,17H2,1-5H3. The molecule has 0 aliphatic carbocycles. The molecule has 0 aromatic heterocycles. The van der Waals surface area contributed by atoms with E-state index in [1.54, 1.807) is 0 Å². The van der Waals surface area contributed by atoms with Gasteiger partial charge in [-0.25, -0.2) is 0 Å². The Labute approximate surface area is 116 Å². The number of hydrogen-bond donors (Lipinski definition) is 1. The first-order valence-corrected chi connectivity index (χ1v) is 6.78. The van der Waals surface area contributed by atoms with E-state index in [1.165, 1.54) is 34.9 Å². The average Bonchev–Trinajstić information content (AvgIpc) is 2.36. The predicted molar refractivity (Wildman–Crippen MR) is 78.2 cm³/mol. The number of carbonyl (C=O) groups is 1. The molecule has 0 bridgehead atoms. The van der Waals surface area contributed by atoms with Crippen LogP contribution in [0.3, 0.4) is 0 Å². The molecule has 0 aliphatic heterocycles. The van der Waals surface area contributed by atoms with Gasteiger partial charge in [-0.15, -0.1) is 0 Å². The first-order chi connectivity index (χ1) is 8.88. The Balaban J connectivity index is 2.82. The molecule has 0 fully saturated rings. The lowest BCUT2D eigenvalue weighted by molar-refractivity contribution is -0.140. The third-order valence-electron chi connectivity index (χ3n) is 3.92. The van der Waals surface area contributed by atoms with Crippen LogP contribution >= 0.6 is 0 Å². The topological polar surface area (TPSA) is 52.3 Å². The molecule has 0 heterocycles. The lowest BCUT2D eigenvalue weighted by Crippen LogP contribution is -2.15. The summed E-state index contributed by atoms with van der Waals surface area (Å²) in [5.74, 6) is -0.166. The largest absolute Gasteiger partial charge is 0.469 e. The van der Waals surface area contributed by atoms with Crippen molar-refractivity contribution in [3.8, 4) is 0 Å². The van der Waals surface area contributed by atoms with Gasteiger partial charge in [-0.1, -0.05) is 6.07 Å². The number of esters is 1. The van der Waals surface area contributed by atoms with Crippen LogP contribution in [0.5, 0.6) is 0 Å². The molecule has 0 spiro atoms. The zero-order valence-corrected chi connectivity index (χ0v) is 12.7. The van der Waals surface area contributed by atoms with Gasteiger partial charge in [-0.05, 0) is 68.4 Å².